The fourth-order valence-electron chi connectivity index (χ4n) is 3.54. The van der Waals surface area contributed by atoms with E-state index in [4.69, 9.17) is 0 Å². The van der Waals surface area contributed by atoms with Crippen LogP contribution in [0.5, 0.6) is 0 Å². The molecule has 3 atom stereocenters. The van der Waals surface area contributed by atoms with Gasteiger partial charge in [0, 0.05) is 19.3 Å². The van der Waals surface area contributed by atoms with Gasteiger partial charge in [-0.05, 0) is 12.8 Å². The van der Waals surface area contributed by atoms with E-state index in [0.717, 1.165) is 19.3 Å². The first-order valence-electron chi connectivity index (χ1n) is 8.97. The molecule has 0 fully saturated rings. The van der Waals surface area contributed by atoms with Gasteiger partial charge in [0.05, 0.1) is 19.1 Å². The summed E-state index contributed by atoms with van der Waals surface area (Å²) in [4.78, 5) is 23.4. The van der Waals surface area contributed by atoms with Gasteiger partial charge in [-0.25, -0.2) is 4.79 Å². The standard InChI is InChI=1S/C18H33NO5.K/c1-4-7-8-9-10-11-12-19(13-14-20,15(5-2)17(21)22)16(6-3)18(23)24;/h8-9,15-16,20H,4-7,10-14H2,1-3H3,(H-,21,22,23,24);/q;+1/b9-8+;. The minimum Gasteiger partial charge on any atom is -0.544 e. The van der Waals surface area contributed by atoms with Crippen LogP contribution in [-0.4, -0.2) is 58.4 Å². The van der Waals surface area contributed by atoms with Crippen molar-refractivity contribution >= 4 is 11.9 Å². The van der Waals surface area contributed by atoms with Crippen LogP contribution < -0.4 is 56.5 Å². The predicted molar refractivity (Wildman–Crippen MR) is 91.2 cm³/mol. The average Bonchev–Trinajstić information content (AvgIpc) is 2.51. The summed E-state index contributed by atoms with van der Waals surface area (Å²) in [6, 6.07) is -1.79. The van der Waals surface area contributed by atoms with Crippen LogP contribution in [0.4, 0.5) is 0 Å². The summed E-state index contributed by atoms with van der Waals surface area (Å²) in [5.41, 5.74) is 0. The van der Waals surface area contributed by atoms with Gasteiger partial charge in [-0.15, -0.1) is 0 Å². The number of aliphatic hydroxyl groups excluding tert-OH is 1. The van der Waals surface area contributed by atoms with E-state index in [9.17, 15) is 24.9 Å². The fraction of sp³-hybridized carbons (Fsp3) is 0.778. The molecule has 6 nitrogen and oxygen atoms in total. The summed E-state index contributed by atoms with van der Waals surface area (Å²) >= 11 is 0. The molecule has 7 heteroatoms. The van der Waals surface area contributed by atoms with Gasteiger partial charge >= 0.3 is 57.4 Å². The van der Waals surface area contributed by atoms with Gasteiger partial charge in [-0.1, -0.05) is 39.3 Å². The number of carbonyl (C=O) groups excluding carboxylic acids is 1. The Balaban J connectivity index is 0. The average molecular weight is 383 g/mol. The maximum Gasteiger partial charge on any atom is 1.00 e. The number of unbranched alkanes of at least 4 members (excludes halogenated alkanes) is 2. The number of quaternary nitrogens is 1. The molecule has 3 unspecified atom stereocenters. The second-order valence-electron chi connectivity index (χ2n) is 6.18. The normalized spacial score (nSPS) is 16.0. The molecule has 0 rings (SSSR count). The van der Waals surface area contributed by atoms with E-state index < -0.39 is 24.0 Å². The van der Waals surface area contributed by atoms with Crippen molar-refractivity contribution < 1.29 is 80.8 Å². The fourth-order valence-corrected chi connectivity index (χ4v) is 3.54. The number of carboxylic acid groups (broad SMARTS) is 2. The zero-order valence-corrected chi connectivity index (χ0v) is 19.4. The third-order valence-corrected chi connectivity index (χ3v) is 4.66. The molecule has 0 spiro atoms. The largest absolute Gasteiger partial charge is 1.00 e. The summed E-state index contributed by atoms with van der Waals surface area (Å²) in [6.07, 6.45) is 8.24. The molecule has 2 N–H and O–H groups in total. The Morgan fingerprint density at radius 3 is 2.00 bits per heavy atom. The van der Waals surface area contributed by atoms with Gasteiger partial charge in [-0.3, -0.25) is 0 Å². The molecule has 0 amide bonds. The topological polar surface area (TPSA) is 97.7 Å². The van der Waals surface area contributed by atoms with Crippen LogP contribution in [0, 0.1) is 0 Å². The van der Waals surface area contributed by atoms with Gasteiger partial charge in [0.25, 0.3) is 0 Å². The Morgan fingerprint density at radius 2 is 1.60 bits per heavy atom. The molecule has 0 saturated carbocycles. The molecule has 0 aliphatic carbocycles. The number of aliphatic carboxylic acids is 2. The summed E-state index contributed by atoms with van der Waals surface area (Å²) in [6.45, 7) is 5.81. The van der Waals surface area contributed by atoms with E-state index in [1.165, 1.54) is 0 Å². The van der Waals surface area contributed by atoms with Crippen molar-refractivity contribution in [1.82, 2.24) is 0 Å². The summed E-state index contributed by atoms with van der Waals surface area (Å²) in [5.74, 6) is -2.26. The molecule has 0 aliphatic rings. The number of allylic oxidation sites excluding steroid dienone is 2. The monoisotopic (exact) mass is 382 g/mol. The molecular formula is C18H33KNO5+. The third-order valence-electron chi connectivity index (χ3n) is 4.66. The van der Waals surface area contributed by atoms with Crippen molar-refractivity contribution in [3.63, 3.8) is 0 Å². The quantitative estimate of drug-likeness (QED) is 0.162. The molecule has 0 aliphatic heterocycles. The summed E-state index contributed by atoms with van der Waals surface area (Å²) in [5, 5.41) is 30.8. The molecule has 0 aromatic heterocycles. The van der Waals surface area contributed by atoms with Crippen molar-refractivity contribution in [2.45, 2.75) is 71.4 Å². The van der Waals surface area contributed by atoms with E-state index in [-0.39, 0.29) is 75.4 Å². The zero-order valence-electron chi connectivity index (χ0n) is 16.2. The van der Waals surface area contributed by atoms with Crippen LogP contribution in [0.2, 0.25) is 0 Å². The second kappa shape index (κ2) is 15.3. The van der Waals surface area contributed by atoms with Crippen LogP contribution in [0.1, 0.15) is 59.3 Å². The Labute approximate surface area is 194 Å². The molecule has 0 heterocycles. The smallest absolute Gasteiger partial charge is 0.544 e. The van der Waals surface area contributed by atoms with Gasteiger partial charge in [0.1, 0.15) is 12.6 Å². The molecule has 0 radical (unpaired) electrons. The van der Waals surface area contributed by atoms with Gasteiger partial charge < -0.3 is 24.6 Å². The number of carboxylic acids is 2. The molecule has 0 saturated heterocycles. The van der Waals surface area contributed by atoms with Gasteiger partial charge in [0.2, 0.25) is 0 Å². The van der Waals surface area contributed by atoms with E-state index in [0.29, 0.717) is 19.4 Å². The third kappa shape index (κ3) is 8.64. The number of rotatable bonds is 14. The van der Waals surface area contributed by atoms with Gasteiger partial charge in [-0.2, -0.15) is 0 Å². The van der Waals surface area contributed by atoms with E-state index in [1.54, 1.807) is 13.8 Å². The molecular weight excluding hydrogens is 349 g/mol. The molecule has 0 aromatic carbocycles. The Kier molecular flexibility index (Phi) is 16.8. The van der Waals surface area contributed by atoms with Crippen LogP contribution in [0.25, 0.3) is 0 Å². The maximum absolute atomic E-state index is 11.7. The number of aliphatic hydroxyl groups is 1. The molecule has 25 heavy (non-hydrogen) atoms. The van der Waals surface area contributed by atoms with Gasteiger partial charge in [0.15, 0.2) is 6.04 Å². The first-order chi connectivity index (χ1) is 11.4. The molecule has 140 valence electrons. The number of carbonyl (C=O) groups is 2. The molecule has 0 aromatic rings. The SMILES string of the molecule is CCC/C=C/CCC[N+](CCO)(C(CC)C(=O)[O-])C(CC)C(=O)O.[K+]. The second-order valence-corrected chi connectivity index (χ2v) is 6.18. The first-order valence-corrected chi connectivity index (χ1v) is 8.97. The van der Waals surface area contributed by atoms with Crippen LogP contribution in [0.15, 0.2) is 12.2 Å². The number of nitrogens with zero attached hydrogens (tertiary/aromatic N) is 1. The minimum absolute atomic E-state index is 0. The first kappa shape index (κ1) is 27.5. The van der Waals surface area contributed by atoms with Crippen molar-refractivity contribution in [2.24, 2.45) is 0 Å². The number of hydrogen-bond donors (Lipinski definition) is 2. The summed E-state index contributed by atoms with van der Waals surface area (Å²) in [7, 11) is 0. The Hall–Kier alpha value is 0.236. The van der Waals surface area contributed by atoms with E-state index in [2.05, 4.69) is 19.1 Å². The van der Waals surface area contributed by atoms with E-state index in [1.807, 2.05) is 0 Å². The van der Waals surface area contributed by atoms with E-state index >= 15 is 0 Å². The van der Waals surface area contributed by atoms with Crippen LogP contribution >= 0.6 is 0 Å². The Bertz CT molecular complexity index is 392. The molecule has 0 bridgehead atoms. The van der Waals surface area contributed by atoms with Crippen LogP contribution in [0.3, 0.4) is 0 Å². The Morgan fingerprint density at radius 1 is 1.04 bits per heavy atom. The van der Waals surface area contributed by atoms with Crippen molar-refractivity contribution in [3.05, 3.63) is 12.2 Å². The van der Waals surface area contributed by atoms with Crippen molar-refractivity contribution in [2.75, 3.05) is 19.7 Å². The van der Waals surface area contributed by atoms with Crippen molar-refractivity contribution in [1.29, 1.82) is 0 Å². The summed E-state index contributed by atoms with van der Waals surface area (Å²) < 4.78 is -0.150. The minimum atomic E-state index is -1.24. The number of hydrogen-bond acceptors (Lipinski definition) is 4. The maximum atomic E-state index is 11.7. The predicted octanol–water partition coefficient (Wildman–Crippen LogP) is -1.67. The van der Waals surface area contributed by atoms with Crippen molar-refractivity contribution in [3.8, 4) is 0 Å². The zero-order chi connectivity index (χ0) is 18.6. The van der Waals surface area contributed by atoms with Crippen LogP contribution in [-0.2, 0) is 9.59 Å².